The smallest absolute Gasteiger partial charge is 0.198 e. The largest absolute Gasteiger partial charge is 0.451 e. The molecular weight excluding hydrogens is 262 g/mol. The van der Waals surface area contributed by atoms with Crippen molar-refractivity contribution in [1.29, 1.82) is 5.26 Å². The van der Waals surface area contributed by atoms with Crippen LogP contribution in [-0.4, -0.2) is 14.1 Å². The van der Waals surface area contributed by atoms with Crippen molar-refractivity contribution in [1.82, 2.24) is 0 Å². The summed E-state index contributed by atoms with van der Waals surface area (Å²) in [5.74, 6) is -2.01. The number of nitriles is 1. The molecule has 0 saturated carbocycles. The Bertz CT molecular complexity index is 655. The van der Waals surface area contributed by atoms with Crippen molar-refractivity contribution < 1.29 is 13.5 Å². The molecule has 2 aromatic rings. The van der Waals surface area contributed by atoms with Gasteiger partial charge in [-0.15, -0.1) is 0 Å². The van der Waals surface area contributed by atoms with Crippen molar-refractivity contribution >= 4 is 5.69 Å². The van der Waals surface area contributed by atoms with Crippen LogP contribution in [0.5, 0.6) is 11.5 Å². The third-order valence-corrected chi connectivity index (χ3v) is 2.68. The predicted octanol–water partition coefficient (Wildman–Crippen LogP) is 3.69. The van der Waals surface area contributed by atoms with Crippen LogP contribution in [0.1, 0.15) is 5.56 Å². The Balaban J connectivity index is 2.36. The third-order valence-electron chi connectivity index (χ3n) is 2.68. The summed E-state index contributed by atoms with van der Waals surface area (Å²) >= 11 is 0. The maximum absolute atomic E-state index is 13.7. The summed E-state index contributed by atoms with van der Waals surface area (Å²) in [6.07, 6.45) is 0. The molecule has 0 amide bonds. The van der Waals surface area contributed by atoms with E-state index >= 15 is 0 Å². The van der Waals surface area contributed by atoms with Crippen molar-refractivity contribution in [2.24, 2.45) is 0 Å². The summed E-state index contributed by atoms with van der Waals surface area (Å²) in [5.41, 5.74) is 0.756. The molecule has 0 aliphatic carbocycles. The summed E-state index contributed by atoms with van der Waals surface area (Å²) in [5, 5.41) is 8.63. The quantitative estimate of drug-likeness (QED) is 0.856. The molecule has 0 aliphatic heterocycles. The van der Waals surface area contributed by atoms with Crippen LogP contribution >= 0.6 is 0 Å². The molecule has 0 heterocycles. The first kappa shape index (κ1) is 13.8. The van der Waals surface area contributed by atoms with Gasteiger partial charge in [0.25, 0.3) is 0 Å². The number of halogens is 2. The monoisotopic (exact) mass is 274 g/mol. The van der Waals surface area contributed by atoms with E-state index in [1.54, 1.807) is 24.3 Å². The third kappa shape index (κ3) is 2.86. The maximum atomic E-state index is 13.7. The lowest BCUT2D eigenvalue weighted by atomic mass is 10.2. The van der Waals surface area contributed by atoms with Gasteiger partial charge in [-0.3, -0.25) is 0 Å². The van der Waals surface area contributed by atoms with Gasteiger partial charge in [-0.1, -0.05) is 6.07 Å². The molecule has 0 aromatic heterocycles. The Labute approximate surface area is 115 Å². The topological polar surface area (TPSA) is 36.3 Å². The number of anilines is 1. The minimum Gasteiger partial charge on any atom is -0.451 e. The normalized spacial score (nSPS) is 9.95. The average Bonchev–Trinajstić information content (AvgIpc) is 2.42. The van der Waals surface area contributed by atoms with Crippen molar-refractivity contribution in [2.75, 3.05) is 19.0 Å². The molecule has 20 heavy (non-hydrogen) atoms. The molecule has 102 valence electrons. The van der Waals surface area contributed by atoms with Gasteiger partial charge in [-0.05, 0) is 24.3 Å². The van der Waals surface area contributed by atoms with Crippen LogP contribution < -0.4 is 9.64 Å². The standard InChI is InChI=1S/C15H12F2N2O/c1-19(2)11-4-3-5-12(8-11)20-15-13(16)6-10(9-18)7-14(15)17/h3-8H,1-2H3. The SMILES string of the molecule is CN(C)c1cccc(Oc2c(F)cc(C#N)cc2F)c1. The molecule has 2 aromatic carbocycles. The highest BCUT2D eigenvalue weighted by Gasteiger charge is 2.14. The van der Waals surface area contributed by atoms with Crippen molar-refractivity contribution in [2.45, 2.75) is 0 Å². The van der Waals surface area contributed by atoms with E-state index in [1.165, 1.54) is 0 Å². The Morgan fingerprint density at radius 1 is 1.10 bits per heavy atom. The number of nitrogens with zero attached hydrogens (tertiary/aromatic N) is 2. The van der Waals surface area contributed by atoms with E-state index in [2.05, 4.69) is 0 Å². The predicted molar refractivity (Wildman–Crippen MR) is 71.9 cm³/mol. The molecule has 2 rings (SSSR count). The van der Waals surface area contributed by atoms with Crippen LogP contribution in [0.4, 0.5) is 14.5 Å². The second-order valence-electron chi connectivity index (χ2n) is 4.37. The van der Waals surface area contributed by atoms with E-state index in [-0.39, 0.29) is 5.56 Å². The number of hydrogen-bond donors (Lipinski definition) is 0. The van der Waals surface area contributed by atoms with Gasteiger partial charge in [0.1, 0.15) is 5.75 Å². The maximum Gasteiger partial charge on any atom is 0.198 e. The van der Waals surface area contributed by atoms with E-state index in [9.17, 15) is 8.78 Å². The van der Waals surface area contributed by atoms with Gasteiger partial charge >= 0.3 is 0 Å². The fraction of sp³-hybridized carbons (Fsp3) is 0.133. The fourth-order valence-corrected chi connectivity index (χ4v) is 1.66. The Hall–Kier alpha value is -2.61. The minimum absolute atomic E-state index is 0.0885. The second-order valence-corrected chi connectivity index (χ2v) is 4.37. The lowest BCUT2D eigenvalue weighted by Crippen LogP contribution is -2.08. The molecule has 0 aliphatic rings. The van der Waals surface area contributed by atoms with Gasteiger partial charge < -0.3 is 9.64 Å². The Morgan fingerprint density at radius 2 is 1.75 bits per heavy atom. The molecule has 0 spiro atoms. The molecule has 0 unspecified atom stereocenters. The van der Waals surface area contributed by atoms with Gasteiger partial charge in [-0.2, -0.15) is 5.26 Å². The van der Waals surface area contributed by atoms with Crippen LogP contribution in [0.15, 0.2) is 36.4 Å². The Kier molecular flexibility index (Phi) is 3.85. The van der Waals surface area contributed by atoms with Gasteiger partial charge in [-0.25, -0.2) is 8.78 Å². The zero-order valence-electron chi connectivity index (χ0n) is 11.0. The summed E-state index contributed by atoms with van der Waals surface area (Å²) in [4.78, 5) is 1.85. The first-order chi connectivity index (χ1) is 9.51. The number of benzene rings is 2. The number of rotatable bonds is 3. The molecule has 5 heteroatoms. The van der Waals surface area contributed by atoms with Gasteiger partial charge in [0.05, 0.1) is 11.6 Å². The van der Waals surface area contributed by atoms with Crippen LogP contribution in [0, 0.1) is 23.0 Å². The highest BCUT2D eigenvalue weighted by molar-refractivity contribution is 5.50. The van der Waals surface area contributed by atoms with Crippen molar-refractivity contribution in [3.8, 4) is 17.6 Å². The van der Waals surface area contributed by atoms with Crippen LogP contribution in [-0.2, 0) is 0 Å². The molecule has 0 fully saturated rings. The fourth-order valence-electron chi connectivity index (χ4n) is 1.66. The lowest BCUT2D eigenvalue weighted by molar-refractivity contribution is 0.407. The molecule has 0 atom stereocenters. The highest BCUT2D eigenvalue weighted by Crippen LogP contribution is 2.30. The number of hydrogen-bond acceptors (Lipinski definition) is 3. The van der Waals surface area contributed by atoms with E-state index in [4.69, 9.17) is 10.00 Å². The van der Waals surface area contributed by atoms with Crippen LogP contribution in [0.2, 0.25) is 0 Å². The molecule has 0 radical (unpaired) electrons. The first-order valence-electron chi connectivity index (χ1n) is 5.85. The molecule has 3 nitrogen and oxygen atoms in total. The molecule has 0 N–H and O–H groups in total. The van der Waals surface area contributed by atoms with Gasteiger partial charge in [0.2, 0.25) is 0 Å². The van der Waals surface area contributed by atoms with Crippen molar-refractivity contribution in [3.05, 3.63) is 53.6 Å². The van der Waals surface area contributed by atoms with Crippen LogP contribution in [0.25, 0.3) is 0 Å². The number of ether oxygens (including phenoxy) is 1. The molecule has 0 bridgehead atoms. The minimum atomic E-state index is -0.906. The van der Waals surface area contributed by atoms with Crippen molar-refractivity contribution in [3.63, 3.8) is 0 Å². The van der Waals surface area contributed by atoms with Gasteiger partial charge in [0.15, 0.2) is 17.4 Å². The second kappa shape index (κ2) is 5.57. The highest BCUT2D eigenvalue weighted by atomic mass is 19.1. The lowest BCUT2D eigenvalue weighted by Gasteiger charge is -2.14. The average molecular weight is 274 g/mol. The Morgan fingerprint density at radius 3 is 2.30 bits per heavy atom. The molecule has 0 saturated heterocycles. The van der Waals surface area contributed by atoms with E-state index in [1.807, 2.05) is 25.1 Å². The summed E-state index contributed by atoms with van der Waals surface area (Å²) in [7, 11) is 3.70. The van der Waals surface area contributed by atoms with Crippen LogP contribution in [0.3, 0.4) is 0 Å². The summed E-state index contributed by atoms with van der Waals surface area (Å²) < 4.78 is 32.7. The summed E-state index contributed by atoms with van der Waals surface area (Å²) in [6, 6.07) is 10.4. The van der Waals surface area contributed by atoms with E-state index < -0.39 is 17.4 Å². The zero-order valence-corrected chi connectivity index (χ0v) is 11.0. The summed E-state index contributed by atoms with van der Waals surface area (Å²) in [6.45, 7) is 0. The van der Waals surface area contributed by atoms with Gasteiger partial charge in [0, 0.05) is 25.8 Å². The van der Waals surface area contributed by atoms with E-state index in [0.29, 0.717) is 5.75 Å². The first-order valence-corrected chi connectivity index (χ1v) is 5.85. The zero-order chi connectivity index (χ0) is 14.7. The van der Waals surface area contributed by atoms with E-state index in [0.717, 1.165) is 17.8 Å². The molecular formula is C15H12F2N2O.